The van der Waals surface area contributed by atoms with Gasteiger partial charge in [0.15, 0.2) is 5.84 Å². The van der Waals surface area contributed by atoms with Crippen molar-refractivity contribution in [2.75, 3.05) is 18.5 Å². The molecule has 1 heterocycles. The summed E-state index contributed by atoms with van der Waals surface area (Å²) in [5.74, 6) is -0.487. The highest BCUT2D eigenvalue weighted by Gasteiger charge is 2.10. The number of thiophene rings is 1. The number of nitrogens with zero attached hydrogens (tertiary/aromatic N) is 2. The average Bonchev–Trinajstić information content (AvgIpc) is 2.97. The number of hydrogen-bond donors (Lipinski definition) is 2. The van der Waals surface area contributed by atoms with Crippen molar-refractivity contribution < 1.29 is 9.60 Å². The van der Waals surface area contributed by atoms with Crippen LogP contribution in [0.5, 0.6) is 0 Å². The van der Waals surface area contributed by atoms with E-state index in [1.807, 2.05) is 23.4 Å². The van der Waals surface area contributed by atoms with Crippen molar-refractivity contribution in [2.24, 2.45) is 10.9 Å². The summed E-state index contributed by atoms with van der Waals surface area (Å²) in [6, 6.07) is 8.61. The van der Waals surface area contributed by atoms with E-state index in [1.165, 1.54) is 10.9 Å². The van der Waals surface area contributed by atoms with Crippen LogP contribution in [0.3, 0.4) is 0 Å². The van der Waals surface area contributed by atoms with Gasteiger partial charge in [0.2, 0.25) is 0 Å². The van der Waals surface area contributed by atoms with Crippen LogP contribution in [0.2, 0.25) is 0 Å². The highest BCUT2D eigenvalue weighted by atomic mass is 32.1. The van der Waals surface area contributed by atoms with Crippen molar-refractivity contribution in [3.8, 4) is 0 Å². The number of anilines is 1. The molecule has 3 N–H and O–H groups in total. The fourth-order valence-corrected chi connectivity index (χ4v) is 2.58. The van der Waals surface area contributed by atoms with E-state index in [1.54, 1.807) is 23.5 Å². The Morgan fingerprint density at radius 2 is 2.25 bits per heavy atom. The SMILES string of the molecule is CN(CCc1cccs1)c1ccc(C(N)=NO)cc1F. The summed E-state index contributed by atoms with van der Waals surface area (Å²) in [7, 11) is 1.84. The maximum Gasteiger partial charge on any atom is 0.170 e. The zero-order valence-electron chi connectivity index (χ0n) is 11.1. The molecule has 0 bridgehead atoms. The Bertz CT molecular complexity index is 598. The quantitative estimate of drug-likeness (QED) is 0.385. The van der Waals surface area contributed by atoms with Crippen LogP contribution < -0.4 is 10.6 Å². The molecule has 0 saturated heterocycles. The van der Waals surface area contributed by atoms with E-state index in [2.05, 4.69) is 11.2 Å². The standard InChI is InChI=1S/C14H16FN3OS/c1-18(7-6-11-3-2-8-20-11)13-5-4-10(9-12(13)15)14(16)17-19/h2-5,8-9,19H,6-7H2,1H3,(H2,16,17). The molecular formula is C14H16FN3OS. The first-order valence-electron chi connectivity index (χ1n) is 6.13. The van der Waals surface area contributed by atoms with Gasteiger partial charge in [-0.3, -0.25) is 0 Å². The Balaban J connectivity index is 2.08. The summed E-state index contributed by atoms with van der Waals surface area (Å²) in [5, 5.41) is 13.5. The van der Waals surface area contributed by atoms with Gasteiger partial charge in [-0.1, -0.05) is 11.2 Å². The van der Waals surface area contributed by atoms with Crippen molar-refractivity contribution in [3.63, 3.8) is 0 Å². The largest absolute Gasteiger partial charge is 0.409 e. The first-order chi connectivity index (χ1) is 9.61. The van der Waals surface area contributed by atoms with E-state index in [-0.39, 0.29) is 11.7 Å². The Kier molecular flexibility index (Phi) is 4.57. The molecule has 1 aromatic carbocycles. The molecule has 0 aliphatic rings. The highest BCUT2D eigenvalue weighted by molar-refractivity contribution is 7.09. The third-order valence-electron chi connectivity index (χ3n) is 3.04. The molecule has 20 heavy (non-hydrogen) atoms. The number of hydrogen-bond acceptors (Lipinski definition) is 4. The molecule has 2 rings (SSSR count). The lowest BCUT2D eigenvalue weighted by Gasteiger charge is -2.20. The highest BCUT2D eigenvalue weighted by Crippen LogP contribution is 2.20. The average molecular weight is 293 g/mol. The molecule has 2 aromatic rings. The normalized spacial score (nSPS) is 11.6. The Morgan fingerprint density at radius 3 is 2.85 bits per heavy atom. The van der Waals surface area contributed by atoms with Crippen LogP contribution in [-0.4, -0.2) is 24.6 Å². The molecule has 6 heteroatoms. The number of rotatable bonds is 5. The van der Waals surface area contributed by atoms with E-state index in [0.717, 1.165) is 13.0 Å². The van der Waals surface area contributed by atoms with Gasteiger partial charge in [0.1, 0.15) is 5.82 Å². The number of amidine groups is 1. The third-order valence-corrected chi connectivity index (χ3v) is 3.97. The van der Waals surface area contributed by atoms with Crippen molar-refractivity contribution in [3.05, 3.63) is 52.0 Å². The van der Waals surface area contributed by atoms with Gasteiger partial charge in [-0.15, -0.1) is 11.3 Å². The van der Waals surface area contributed by atoms with E-state index in [9.17, 15) is 4.39 Å². The molecule has 1 aromatic heterocycles. The van der Waals surface area contributed by atoms with Crippen LogP contribution in [0.1, 0.15) is 10.4 Å². The van der Waals surface area contributed by atoms with E-state index < -0.39 is 0 Å². The molecule has 0 fully saturated rings. The van der Waals surface area contributed by atoms with E-state index in [4.69, 9.17) is 10.9 Å². The van der Waals surface area contributed by atoms with Crippen LogP contribution in [0.15, 0.2) is 40.9 Å². The Labute approximate surface area is 120 Å². The molecular weight excluding hydrogens is 277 g/mol. The molecule has 0 amide bonds. The minimum Gasteiger partial charge on any atom is -0.409 e. The summed E-state index contributed by atoms with van der Waals surface area (Å²) in [5.41, 5.74) is 6.29. The predicted octanol–water partition coefficient (Wildman–Crippen LogP) is 2.66. The second-order valence-corrected chi connectivity index (χ2v) is 5.43. The number of likely N-dealkylation sites (N-methyl/N-ethyl adjacent to an activating group) is 1. The minimum absolute atomic E-state index is 0.100. The summed E-state index contributed by atoms with van der Waals surface area (Å²) in [4.78, 5) is 3.12. The number of halogens is 1. The smallest absolute Gasteiger partial charge is 0.170 e. The van der Waals surface area contributed by atoms with Gasteiger partial charge >= 0.3 is 0 Å². The fraction of sp³-hybridized carbons (Fsp3) is 0.214. The lowest BCUT2D eigenvalue weighted by atomic mass is 10.1. The zero-order valence-corrected chi connectivity index (χ0v) is 11.9. The maximum atomic E-state index is 14.0. The predicted molar refractivity (Wildman–Crippen MR) is 80.2 cm³/mol. The molecule has 106 valence electrons. The van der Waals surface area contributed by atoms with Gasteiger partial charge < -0.3 is 15.8 Å². The monoisotopic (exact) mass is 293 g/mol. The second kappa shape index (κ2) is 6.38. The van der Waals surface area contributed by atoms with Crippen LogP contribution in [0.25, 0.3) is 0 Å². The lowest BCUT2D eigenvalue weighted by Crippen LogP contribution is -2.22. The number of benzene rings is 1. The first kappa shape index (κ1) is 14.3. The van der Waals surface area contributed by atoms with Crippen molar-refractivity contribution in [1.82, 2.24) is 0 Å². The van der Waals surface area contributed by atoms with Gasteiger partial charge in [-0.25, -0.2) is 4.39 Å². The van der Waals surface area contributed by atoms with Gasteiger partial charge in [-0.05, 0) is 36.1 Å². The van der Waals surface area contributed by atoms with Crippen LogP contribution in [0, 0.1) is 5.82 Å². The van der Waals surface area contributed by atoms with Crippen molar-refractivity contribution in [2.45, 2.75) is 6.42 Å². The minimum atomic E-state index is -0.386. The van der Waals surface area contributed by atoms with Gasteiger partial charge in [0.25, 0.3) is 0 Å². The molecule has 4 nitrogen and oxygen atoms in total. The summed E-state index contributed by atoms with van der Waals surface area (Å²) in [6.07, 6.45) is 0.871. The Hall–Kier alpha value is -2.08. The van der Waals surface area contributed by atoms with Gasteiger partial charge in [0.05, 0.1) is 5.69 Å². The van der Waals surface area contributed by atoms with Gasteiger partial charge in [0, 0.05) is 24.0 Å². The van der Waals surface area contributed by atoms with E-state index in [0.29, 0.717) is 11.3 Å². The van der Waals surface area contributed by atoms with Crippen molar-refractivity contribution >= 4 is 22.9 Å². The van der Waals surface area contributed by atoms with Crippen LogP contribution in [-0.2, 0) is 6.42 Å². The fourth-order valence-electron chi connectivity index (χ4n) is 1.89. The first-order valence-corrected chi connectivity index (χ1v) is 7.00. The van der Waals surface area contributed by atoms with Crippen molar-refractivity contribution in [1.29, 1.82) is 0 Å². The molecule has 0 aliphatic carbocycles. The summed E-state index contributed by atoms with van der Waals surface area (Å²) < 4.78 is 14.0. The number of nitrogens with two attached hydrogens (primary N) is 1. The summed E-state index contributed by atoms with van der Waals surface area (Å²) in [6.45, 7) is 0.723. The number of oxime groups is 1. The van der Waals surface area contributed by atoms with E-state index >= 15 is 0 Å². The Morgan fingerprint density at radius 1 is 1.45 bits per heavy atom. The second-order valence-electron chi connectivity index (χ2n) is 4.40. The molecule has 0 unspecified atom stereocenters. The molecule has 0 spiro atoms. The van der Waals surface area contributed by atoms with Crippen LogP contribution >= 0.6 is 11.3 Å². The maximum absolute atomic E-state index is 14.0. The molecule has 0 aliphatic heterocycles. The van der Waals surface area contributed by atoms with Gasteiger partial charge in [-0.2, -0.15) is 0 Å². The topological polar surface area (TPSA) is 61.8 Å². The third kappa shape index (κ3) is 3.27. The molecule has 0 atom stereocenters. The zero-order chi connectivity index (χ0) is 14.5. The molecule has 0 radical (unpaired) electrons. The van der Waals surface area contributed by atoms with Crippen LogP contribution in [0.4, 0.5) is 10.1 Å². The molecule has 0 saturated carbocycles. The summed E-state index contributed by atoms with van der Waals surface area (Å²) >= 11 is 1.69. The lowest BCUT2D eigenvalue weighted by molar-refractivity contribution is 0.318.